The minimum atomic E-state index is -0.271. The van der Waals surface area contributed by atoms with E-state index in [1.807, 2.05) is 27.7 Å². The van der Waals surface area contributed by atoms with Crippen LogP contribution in [0.2, 0.25) is 0 Å². The zero-order chi connectivity index (χ0) is 18.8. The van der Waals surface area contributed by atoms with Gasteiger partial charge >= 0.3 is 0 Å². The number of ketones is 1. The summed E-state index contributed by atoms with van der Waals surface area (Å²) in [5.74, 6) is -0.0344. The summed E-state index contributed by atoms with van der Waals surface area (Å²) in [5.41, 5.74) is -0.214. The van der Waals surface area contributed by atoms with Crippen LogP contribution in [-0.4, -0.2) is 24.0 Å². The van der Waals surface area contributed by atoms with E-state index in [-0.39, 0.29) is 34.2 Å². The molecule has 24 heavy (non-hydrogen) atoms. The van der Waals surface area contributed by atoms with Crippen molar-refractivity contribution in [2.24, 2.45) is 17.3 Å². The third-order valence-corrected chi connectivity index (χ3v) is 4.96. The molecule has 142 valence electrons. The van der Waals surface area contributed by atoms with E-state index >= 15 is 0 Å². The average molecular weight is 358 g/mol. The standard InChI is InChI=1S/C20H39NO2S/c1-7-8-9-10-11-12-16(13-15(2)24)18(22)14-17(19(23)21-6)20(3,4)5/h15-17,24H,7-14H2,1-6H3,(H,21,23)/t15?,16-,17-/m1/s1. The second-order valence-electron chi connectivity index (χ2n) is 8.19. The van der Waals surface area contributed by atoms with Crippen molar-refractivity contribution >= 4 is 24.3 Å². The van der Waals surface area contributed by atoms with Crippen LogP contribution >= 0.6 is 12.6 Å². The van der Waals surface area contributed by atoms with E-state index < -0.39 is 0 Å². The maximum Gasteiger partial charge on any atom is 0.223 e. The number of Topliss-reactive ketones (excluding diaryl/α,β-unsaturated/α-hetero) is 1. The maximum atomic E-state index is 12.9. The summed E-state index contributed by atoms with van der Waals surface area (Å²) >= 11 is 4.49. The minimum absolute atomic E-state index is 0.0310. The minimum Gasteiger partial charge on any atom is -0.359 e. The quantitative estimate of drug-likeness (QED) is 0.380. The van der Waals surface area contributed by atoms with Crippen LogP contribution in [0.1, 0.15) is 86.0 Å². The van der Waals surface area contributed by atoms with E-state index in [1.54, 1.807) is 7.05 Å². The van der Waals surface area contributed by atoms with E-state index in [1.165, 1.54) is 25.7 Å². The van der Waals surface area contributed by atoms with Gasteiger partial charge < -0.3 is 5.32 Å². The third-order valence-electron chi connectivity index (χ3n) is 4.75. The molecule has 0 saturated heterocycles. The molecule has 0 fully saturated rings. The lowest BCUT2D eigenvalue weighted by Gasteiger charge is -2.30. The largest absolute Gasteiger partial charge is 0.359 e. The molecule has 0 saturated carbocycles. The van der Waals surface area contributed by atoms with Crippen molar-refractivity contribution in [1.29, 1.82) is 0 Å². The van der Waals surface area contributed by atoms with Crippen LogP contribution in [0.3, 0.4) is 0 Å². The van der Waals surface area contributed by atoms with Gasteiger partial charge in [0.2, 0.25) is 5.91 Å². The van der Waals surface area contributed by atoms with Crippen LogP contribution in [0.5, 0.6) is 0 Å². The molecule has 0 aromatic carbocycles. The van der Waals surface area contributed by atoms with Gasteiger partial charge in [-0.15, -0.1) is 0 Å². The second-order valence-corrected chi connectivity index (χ2v) is 9.07. The SMILES string of the molecule is CCCCCCC[C@H](CC(C)S)C(=O)C[C@H](C(=O)NC)C(C)(C)C. The Morgan fingerprint density at radius 1 is 1.08 bits per heavy atom. The number of thiol groups is 1. The third kappa shape index (κ3) is 9.71. The van der Waals surface area contributed by atoms with Gasteiger partial charge in [-0.2, -0.15) is 12.6 Å². The molecule has 0 spiro atoms. The number of rotatable bonds is 12. The summed E-state index contributed by atoms with van der Waals surface area (Å²) in [6.45, 7) is 10.3. The molecule has 4 heteroatoms. The van der Waals surface area contributed by atoms with Crippen LogP contribution in [0.15, 0.2) is 0 Å². The average Bonchev–Trinajstić information content (AvgIpc) is 2.48. The summed E-state index contributed by atoms with van der Waals surface area (Å²) in [7, 11) is 1.65. The topological polar surface area (TPSA) is 46.2 Å². The van der Waals surface area contributed by atoms with Gasteiger partial charge in [0, 0.05) is 25.3 Å². The number of carbonyl (C=O) groups excluding carboxylic acids is 2. The highest BCUT2D eigenvalue weighted by Gasteiger charge is 2.34. The van der Waals surface area contributed by atoms with E-state index in [9.17, 15) is 9.59 Å². The fourth-order valence-corrected chi connectivity index (χ4v) is 3.41. The fourth-order valence-electron chi connectivity index (χ4n) is 3.15. The first-order valence-electron chi connectivity index (χ1n) is 9.55. The van der Waals surface area contributed by atoms with Crippen LogP contribution in [0, 0.1) is 17.3 Å². The van der Waals surface area contributed by atoms with E-state index in [0.29, 0.717) is 6.42 Å². The summed E-state index contributed by atoms with van der Waals surface area (Å²) < 4.78 is 0. The van der Waals surface area contributed by atoms with E-state index in [4.69, 9.17) is 0 Å². The molecule has 0 aliphatic rings. The van der Waals surface area contributed by atoms with Crippen LogP contribution in [0.25, 0.3) is 0 Å². The Balaban J connectivity index is 4.79. The predicted octanol–water partition coefficient (Wildman–Crippen LogP) is 5.04. The number of unbranched alkanes of at least 4 members (excludes halogenated alkanes) is 4. The van der Waals surface area contributed by atoms with Crippen LogP contribution in [-0.2, 0) is 9.59 Å². The highest BCUT2D eigenvalue weighted by atomic mass is 32.1. The number of carbonyl (C=O) groups is 2. The molecule has 0 bridgehead atoms. The zero-order valence-electron chi connectivity index (χ0n) is 16.7. The van der Waals surface area contributed by atoms with Gasteiger partial charge in [-0.3, -0.25) is 9.59 Å². The molecule has 1 unspecified atom stereocenters. The smallest absolute Gasteiger partial charge is 0.223 e. The van der Waals surface area contributed by atoms with Crippen molar-refractivity contribution in [3.63, 3.8) is 0 Å². The Morgan fingerprint density at radius 2 is 1.67 bits per heavy atom. The van der Waals surface area contributed by atoms with Crippen LogP contribution < -0.4 is 5.32 Å². The van der Waals surface area contributed by atoms with Gasteiger partial charge in [0.15, 0.2) is 0 Å². The summed E-state index contributed by atoms with van der Waals surface area (Å²) in [6, 6.07) is 0. The first-order valence-corrected chi connectivity index (χ1v) is 10.1. The summed E-state index contributed by atoms with van der Waals surface area (Å²) in [5, 5.41) is 2.93. The summed E-state index contributed by atoms with van der Waals surface area (Å²) in [4.78, 5) is 25.1. The molecule has 0 aromatic rings. The fraction of sp³-hybridized carbons (Fsp3) is 0.900. The molecule has 0 radical (unpaired) electrons. The molecule has 1 amide bonds. The highest BCUT2D eigenvalue weighted by Crippen LogP contribution is 2.32. The number of hydrogen-bond acceptors (Lipinski definition) is 3. The first-order chi connectivity index (χ1) is 11.1. The Bertz CT molecular complexity index is 374. The van der Waals surface area contributed by atoms with Gasteiger partial charge in [0.05, 0.1) is 0 Å². The molecule has 0 heterocycles. The number of nitrogens with one attached hydrogen (secondary N) is 1. The number of amides is 1. The van der Waals surface area contributed by atoms with Gasteiger partial charge in [0.25, 0.3) is 0 Å². The Morgan fingerprint density at radius 3 is 2.12 bits per heavy atom. The van der Waals surface area contributed by atoms with Crippen molar-refractivity contribution in [3.05, 3.63) is 0 Å². The predicted molar refractivity (Wildman–Crippen MR) is 107 cm³/mol. The summed E-state index contributed by atoms with van der Waals surface area (Å²) in [6.07, 6.45) is 8.10. The monoisotopic (exact) mass is 357 g/mol. The lowest BCUT2D eigenvalue weighted by Crippen LogP contribution is -2.38. The first kappa shape index (κ1) is 23.5. The second kappa shape index (κ2) is 11.9. The van der Waals surface area contributed by atoms with Gasteiger partial charge in [-0.05, 0) is 23.5 Å². The Hall–Kier alpha value is -0.510. The molecule has 3 nitrogen and oxygen atoms in total. The molecule has 0 aliphatic heterocycles. The molecule has 1 N–H and O–H groups in total. The molecule has 0 aromatic heterocycles. The molecule has 3 atom stereocenters. The molecular formula is C20H39NO2S. The Labute approximate surface area is 155 Å². The highest BCUT2D eigenvalue weighted by molar-refractivity contribution is 7.80. The maximum absolute atomic E-state index is 12.9. The van der Waals surface area contributed by atoms with Crippen molar-refractivity contribution < 1.29 is 9.59 Å². The lowest BCUT2D eigenvalue weighted by atomic mass is 9.75. The van der Waals surface area contributed by atoms with Gasteiger partial charge in [-0.1, -0.05) is 66.7 Å². The van der Waals surface area contributed by atoms with Gasteiger partial charge in [-0.25, -0.2) is 0 Å². The van der Waals surface area contributed by atoms with E-state index in [2.05, 4.69) is 24.9 Å². The molecule has 0 rings (SSSR count). The van der Waals surface area contributed by atoms with Crippen LogP contribution in [0.4, 0.5) is 0 Å². The molecular weight excluding hydrogens is 318 g/mol. The normalized spacial score (nSPS) is 15.6. The van der Waals surface area contributed by atoms with E-state index in [0.717, 1.165) is 19.3 Å². The van der Waals surface area contributed by atoms with Gasteiger partial charge in [0.1, 0.15) is 5.78 Å². The van der Waals surface area contributed by atoms with Crippen molar-refractivity contribution in [2.45, 2.75) is 91.2 Å². The molecule has 0 aliphatic carbocycles. The Kier molecular flexibility index (Phi) is 11.7. The zero-order valence-corrected chi connectivity index (χ0v) is 17.5. The van der Waals surface area contributed by atoms with Crippen molar-refractivity contribution in [1.82, 2.24) is 5.32 Å². The van der Waals surface area contributed by atoms with Crippen molar-refractivity contribution in [2.75, 3.05) is 7.05 Å². The lowest BCUT2D eigenvalue weighted by molar-refractivity contribution is -0.134. The number of hydrogen-bond donors (Lipinski definition) is 2. The van der Waals surface area contributed by atoms with Crippen molar-refractivity contribution in [3.8, 4) is 0 Å².